The lowest BCUT2D eigenvalue weighted by molar-refractivity contribution is -0.121. The van der Waals surface area contributed by atoms with Crippen molar-refractivity contribution in [2.45, 2.75) is 57.8 Å². The van der Waals surface area contributed by atoms with E-state index < -0.39 is 0 Å². The van der Waals surface area contributed by atoms with Crippen LogP contribution in [-0.2, 0) is 11.2 Å². The van der Waals surface area contributed by atoms with Gasteiger partial charge in [-0.05, 0) is 50.6 Å². The summed E-state index contributed by atoms with van der Waals surface area (Å²) in [5, 5.41) is 10.4. The van der Waals surface area contributed by atoms with Crippen LogP contribution in [0.25, 0.3) is 0 Å². The van der Waals surface area contributed by atoms with Gasteiger partial charge in [-0.2, -0.15) is 4.98 Å². The Balaban J connectivity index is 1.33. The summed E-state index contributed by atoms with van der Waals surface area (Å²) in [5.41, 5.74) is 0.243. The van der Waals surface area contributed by atoms with Crippen LogP contribution in [0.2, 0.25) is 0 Å². The fourth-order valence-corrected chi connectivity index (χ4v) is 2.88. The van der Waals surface area contributed by atoms with Crippen LogP contribution in [0.5, 0.6) is 0 Å². The molecule has 0 aromatic carbocycles. The number of aryl methyl sites for hydroxylation is 1. The quantitative estimate of drug-likeness (QED) is 0.802. The second kappa shape index (κ2) is 6.77. The average molecular weight is 306 g/mol. The largest absolute Gasteiger partial charge is 0.356 e. The Morgan fingerprint density at radius 1 is 1.41 bits per heavy atom. The molecule has 122 valence electrons. The minimum Gasteiger partial charge on any atom is -0.356 e. The zero-order chi connectivity index (χ0) is 15.4. The molecule has 1 aromatic heterocycles. The summed E-state index contributed by atoms with van der Waals surface area (Å²) in [5.74, 6) is 2.16. The van der Waals surface area contributed by atoms with Crippen molar-refractivity contribution in [3.05, 3.63) is 11.7 Å². The Bertz CT molecular complexity index is 504. The molecule has 22 heavy (non-hydrogen) atoms. The molecule has 0 spiro atoms. The molecule has 2 heterocycles. The number of rotatable bonds is 7. The fourth-order valence-electron chi connectivity index (χ4n) is 2.88. The minimum atomic E-state index is 0.127. The number of amides is 1. The van der Waals surface area contributed by atoms with Crippen LogP contribution in [0.1, 0.15) is 63.1 Å². The third kappa shape index (κ3) is 4.29. The number of hydrogen-bond donors (Lipinski definition) is 2. The molecule has 2 N–H and O–H groups in total. The highest BCUT2D eigenvalue weighted by Crippen LogP contribution is 2.38. The van der Waals surface area contributed by atoms with E-state index in [1.807, 2.05) is 0 Å². The predicted molar refractivity (Wildman–Crippen MR) is 82.4 cm³/mol. The highest BCUT2D eigenvalue weighted by atomic mass is 16.5. The number of carbonyl (C=O) groups excluding carboxylic acids is 1. The fraction of sp³-hybridized carbons (Fsp3) is 0.812. The van der Waals surface area contributed by atoms with E-state index in [2.05, 4.69) is 27.7 Å². The topological polar surface area (TPSA) is 80.1 Å². The Morgan fingerprint density at radius 3 is 2.91 bits per heavy atom. The first-order valence-corrected chi connectivity index (χ1v) is 8.45. The monoisotopic (exact) mass is 306 g/mol. The van der Waals surface area contributed by atoms with Crippen LogP contribution in [0.4, 0.5) is 0 Å². The van der Waals surface area contributed by atoms with Gasteiger partial charge in [-0.25, -0.2) is 0 Å². The van der Waals surface area contributed by atoms with Gasteiger partial charge in [0.2, 0.25) is 11.8 Å². The van der Waals surface area contributed by atoms with Crippen LogP contribution in [0.15, 0.2) is 4.52 Å². The van der Waals surface area contributed by atoms with Gasteiger partial charge in [0.15, 0.2) is 5.82 Å². The summed E-state index contributed by atoms with van der Waals surface area (Å²) in [6.45, 7) is 5.13. The third-order valence-corrected chi connectivity index (χ3v) is 4.74. The number of aromatic nitrogens is 2. The summed E-state index contributed by atoms with van der Waals surface area (Å²) >= 11 is 0. The predicted octanol–water partition coefficient (Wildman–Crippen LogP) is 1.78. The van der Waals surface area contributed by atoms with Gasteiger partial charge in [-0.3, -0.25) is 4.79 Å². The van der Waals surface area contributed by atoms with Gasteiger partial charge in [-0.1, -0.05) is 12.1 Å². The first-order chi connectivity index (χ1) is 10.6. The molecule has 3 rings (SSSR count). The van der Waals surface area contributed by atoms with Crippen LogP contribution >= 0.6 is 0 Å². The van der Waals surface area contributed by atoms with Gasteiger partial charge in [0.05, 0.1) is 0 Å². The van der Waals surface area contributed by atoms with Crippen LogP contribution in [0.3, 0.4) is 0 Å². The molecule has 6 nitrogen and oxygen atoms in total. The Kier molecular flexibility index (Phi) is 4.76. The molecular formula is C16H26N4O2. The van der Waals surface area contributed by atoms with E-state index in [9.17, 15) is 4.79 Å². The summed E-state index contributed by atoms with van der Waals surface area (Å²) in [4.78, 5) is 16.3. The van der Waals surface area contributed by atoms with Crippen molar-refractivity contribution < 1.29 is 9.32 Å². The normalized spacial score (nSPS) is 20.8. The third-order valence-electron chi connectivity index (χ3n) is 4.74. The molecule has 2 aliphatic rings. The van der Waals surface area contributed by atoms with E-state index in [1.165, 1.54) is 12.8 Å². The Hall–Kier alpha value is -1.43. The molecule has 1 aliphatic heterocycles. The maximum Gasteiger partial charge on any atom is 0.226 e. The molecule has 1 saturated heterocycles. The zero-order valence-corrected chi connectivity index (χ0v) is 13.4. The van der Waals surface area contributed by atoms with Crippen LogP contribution in [-0.4, -0.2) is 35.7 Å². The first-order valence-electron chi connectivity index (χ1n) is 8.45. The molecular weight excluding hydrogens is 280 g/mol. The van der Waals surface area contributed by atoms with E-state index in [1.54, 1.807) is 0 Å². The van der Waals surface area contributed by atoms with Gasteiger partial charge in [0, 0.05) is 25.3 Å². The lowest BCUT2D eigenvalue weighted by Crippen LogP contribution is -2.42. The molecule has 1 saturated carbocycles. The van der Waals surface area contributed by atoms with Gasteiger partial charge in [-0.15, -0.1) is 0 Å². The lowest BCUT2D eigenvalue weighted by Gasteiger charge is -2.34. The van der Waals surface area contributed by atoms with E-state index >= 15 is 0 Å². The second-order valence-electron chi connectivity index (χ2n) is 7.01. The number of piperidine rings is 1. The van der Waals surface area contributed by atoms with E-state index in [0.29, 0.717) is 24.7 Å². The summed E-state index contributed by atoms with van der Waals surface area (Å²) in [7, 11) is 0. The molecule has 1 amide bonds. The highest BCUT2D eigenvalue weighted by molar-refractivity contribution is 5.75. The molecule has 1 aliphatic carbocycles. The summed E-state index contributed by atoms with van der Waals surface area (Å²) in [6.07, 6.45) is 6.57. The Morgan fingerprint density at radius 2 is 2.18 bits per heavy atom. The average Bonchev–Trinajstić information content (AvgIpc) is 3.26. The maximum atomic E-state index is 11.9. The first kappa shape index (κ1) is 15.5. The van der Waals surface area contributed by atoms with E-state index in [0.717, 1.165) is 44.7 Å². The van der Waals surface area contributed by atoms with Crippen LogP contribution in [0, 0.1) is 5.41 Å². The lowest BCUT2D eigenvalue weighted by atomic mass is 9.81. The van der Waals surface area contributed by atoms with Crippen molar-refractivity contribution in [1.82, 2.24) is 20.8 Å². The molecule has 0 bridgehead atoms. The van der Waals surface area contributed by atoms with E-state index in [-0.39, 0.29) is 11.3 Å². The van der Waals surface area contributed by atoms with E-state index in [4.69, 9.17) is 4.52 Å². The second-order valence-corrected chi connectivity index (χ2v) is 7.01. The number of nitrogens with one attached hydrogen (secondary N) is 2. The van der Waals surface area contributed by atoms with Crippen molar-refractivity contribution in [3.63, 3.8) is 0 Å². The van der Waals surface area contributed by atoms with Crippen molar-refractivity contribution in [2.24, 2.45) is 5.41 Å². The number of hydrogen-bond acceptors (Lipinski definition) is 5. The molecule has 1 aromatic rings. The standard InChI is InChI=1S/C16H26N4O2/c1-16(7-9-17-10-8-16)11-18-13(21)3-2-4-14-19-15(20-22-14)12-5-6-12/h12,17H,2-11H2,1H3,(H,18,21). The maximum absolute atomic E-state index is 11.9. The molecule has 0 unspecified atom stereocenters. The Labute approximate surface area is 131 Å². The van der Waals surface area contributed by atoms with Gasteiger partial charge < -0.3 is 15.2 Å². The van der Waals surface area contributed by atoms with Crippen molar-refractivity contribution in [2.75, 3.05) is 19.6 Å². The number of carbonyl (C=O) groups is 1. The molecule has 2 fully saturated rings. The number of nitrogens with zero attached hydrogens (tertiary/aromatic N) is 2. The molecule has 0 radical (unpaired) electrons. The zero-order valence-electron chi connectivity index (χ0n) is 13.4. The van der Waals surface area contributed by atoms with Crippen molar-refractivity contribution >= 4 is 5.91 Å². The molecule has 0 atom stereocenters. The van der Waals surface area contributed by atoms with Crippen molar-refractivity contribution in [1.29, 1.82) is 0 Å². The summed E-state index contributed by atoms with van der Waals surface area (Å²) in [6, 6.07) is 0. The van der Waals surface area contributed by atoms with Gasteiger partial charge in [0.1, 0.15) is 0 Å². The van der Waals surface area contributed by atoms with Crippen LogP contribution < -0.4 is 10.6 Å². The minimum absolute atomic E-state index is 0.127. The van der Waals surface area contributed by atoms with Gasteiger partial charge >= 0.3 is 0 Å². The van der Waals surface area contributed by atoms with Crippen molar-refractivity contribution in [3.8, 4) is 0 Å². The highest BCUT2D eigenvalue weighted by Gasteiger charge is 2.29. The van der Waals surface area contributed by atoms with Gasteiger partial charge in [0.25, 0.3) is 0 Å². The SMILES string of the molecule is CC1(CNC(=O)CCCc2nc(C3CC3)no2)CCNCC1. The smallest absolute Gasteiger partial charge is 0.226 e. The summed E-state index contributed by atoms with van der Waals surface area (Å²) < 4.78 is 5.22. The molecule has 6 heteroatoms.